The Kier molecular flexibility index (Phi) is 2.94. The fourth-order valence-corrected chi connectivity index (χ4v) is 2.54. The summed E-state index contributed by atoms with van der Waals surface area (Å²) >= 11 is 0. The lowest BCUT2D eigenvalue weighted by Gasteiger charge is -2.06. The summed E-state index contributed by atoms with van der Waals surface area (Å²) in [5.41, 5.74) is 2.97. The fourth-order valence-electron chi connectivity index (χ4n) is 2.54. The van der Waals surface area contributed by atoms with Crippen molar-refractivity contribution < 1.29 is 14.6 Å². The summed E-state index contributed by atoms with van der Waals surface area (Å²) in [6, 6.07) is 10.7. The third kappa shape index (κ3) is 1.96. The number of phenolic OH excluding ortho intramolecular Hbond substituents is 1. The summed E-state index contributed by atoms with van der Waals surface area (Å²) in [6.07, 6.45) is 0. The van der Waals surface area contributed by atoms with Crippen LogP contribution in [0.25, 0.3) is 11.0 Å². The monoisotopic (exact) mass is 281 g/mol. The Balaban J connectivity index is 2.33. The zero-order chi connectivity index (χ0) is 15.1. The van der Waals surface area contributed by atoms with Crippen LogP contribution in [-0.2, 0) is 0 Å². The summed E-state index contributed by atoms with van der Waals surface area (Å²) < 4.78 is 5.41. The van der Waals surface area contributed by atoms with E-state index in [2.05, 4.69) is 0 Å². The van der Waals surface area contributed by atoms with E-state index in [1.165, 1.54) is 0 Å². The molecule has 0 saturated heterocycles. The molecule has 0 unspecified atom stereocenters. The number of hydrogen-bond donors (Lipinski definition) is 3. The van der Waals surface area contributed by atoms with Crippen LogP contribution in [0.3, 0.4) is 0 Å². The van der Waals surface area contributed by atoms with E-state index in [-0.39, 0.29) is 17.4 Å². The van der Waals surface area contributed by atoms with Gasteiger partial charge in [-0.25, -0.2) is 0 Å². The molecule has 0 aliphatic rings. The van der Waals surface area contributed by atoms with E-state index in [0.717, 1.165) is 5.56 Å². The number of nitrogens with one attached hydrogen (secondary N) is 1. The lowest BCUT2D eigenvalue weighted by atomic mass is 9.97. The van der Waals surface area contributed by atoms with E-state index >= 15 is 0 Å². The predicted molar refractivity (Wildman–Crippen MR) is 81.4 cm³/mol. The first-order chi connectivity index (χ1) is 10.0. The Bertz CT molecular complexity index is 848. The Morgan fingerprint density at radius 1 is 1.10 bits per heavy atom. The number of aryl methyl sites for hydroxylation is 2. The minimum Gasteiger partial charge on any atom is -0.508 e. The molecule has 0 spiro atoms. The highest BCUT2D eigenvalue weighted by Crippen LogP contribution is 2.39. The van der Waals surface area contributed by atoms with Crippen molar-refractivity contribution in [2.24, 2.45) is 0 Å². The van der Waals surface area contributed by atoms with Gasteiger partial charge in [-0.15, -0.1) is 0 Å². The number of phenols is 1. The first kappa shape index (κ1) is 13.2. The minimum atomic E-state index is -0.296. The molecule has 0 bridgehead atoms. The fraction of sp³-hybridized carbons (Fsp3) is 0.118. The van der Waals surface area contributed by atoms with Gasteiger partial charge in [0.05, 0.1) is 11.3 Å². The second kappa shape index (κ2) is 4.66. The summed E-state index contributed by atoms with van der Waals surface area (Å²) in [4.78, 5) is 0. The van der Waals surface area contributed by atoms with E-state index in [9.17, 15) is 10.2 Å². The van der Waals surface area contributed by atoms with E-state index in [4.69, 9.17) is 9.83 Å². The van der Waals surface area contributed by atoms with E-state index < -0.39 is 0 Å². The minimum absolute atomic E-state index is 0.128. The molecule has 3 rings (SSSR count). The molecule has 2 aromatic carbocycles. The van der Waals surface area contributed by atoms with Gasteiger partial charge in [-0.05, 0) is 25.5 Å². The van der Waals surface area contributed by atoms with E-state index in [0.29, 0.717) is 27.7 Å². The highest BCUT2D eigenvalue weighted by atomic mass is 16.5. The molecule has 3 aromatic rings. The third-order valence-electron chi connectivity index (χ3n) is 3.67. The second-order valence-corrected chi connectivity index (χ2v) is 5.06. The lowest BCUT2D eigenvalue weighted by molar-refractivity contribution is 0.345. The van der Waals surface area contributed by atoms with E-state index in [1.54, 1.807) is 32.0 Å². The van der Waals surface area contributed by atoms with Crippen molar-refractivity contribution in [1.82, 2.24) is 0 Å². The maximum Gasteiger partial charge on any atom is 0.292 e. The van der Waals surface area contributed by atoms with Crippen molar-refractivity contribution in [2.75, 3.05) is 0 Å². The SMILES string of the molecule is Cc1cc(O)c(C)c2c(C(=N)c3ccccc3)c(O)oc12. The highest BCUT2D eigenvalue weighted by Gasteiger charge is 2.23. The maximum absolute atomic E-state index is 10.1. The molecular formula is C17H15NO3. The Morgan fingerprint density at radius 2 is 1.76 bits per heavy atom. The van der Waals surface area contributed by atoms with Crippen LogP contribution in [0.1, 0.15) is 22.3 Å². The van der Waals surface area contributed by atoms with Gasteiger partial charge in [0.15, 0.2) is 0 Å². The van der Waals surface area contributed by atoms with Gasteiger partial charge in [0.25, 0.3) is 5.95 Å². The van der Waals surface area contributed by atoms with Crippen LogP contribution < -0.4 is 0 Å². The number of furan rings is 1. The number of benzene rings is 2. The van der Waals surface area contributed by atoms with Crippen LogP contribution in [0.2, 0.25) is 0 Å². The molecule has 0 aliphatic heterocycles. The molecule has 0 aliphatic carbocycles. The standard InChI is InChI=1S/C17H15NO3/c1-9-8-12(19)10(2)13-14(17(20)21-16(9)13)15(18)11-6-4-3-5-7-11/h3-8,18-20H,1-2H3. The van der Waals surface area contributed by atoms with Crippen LogP contribution in [0.4, 0.5) is 0 Å². The normalized spacial score (nSPS) is 11.0. The van der Waals surface area contributed by atoms with Gasteiger partial charge in [0, 0.05) is 16.5 Å². The quantitative estimate of drug-likeness (QED) is 0.624. The topological polar surface area (TPSA) is 77.5 Å². The van der Waals surface area contributed by atoms with Gasteiger partial charge >= 0.3 is 0 Å². The highest BCUT2D eigenvalue weighted by molar-refractivity contribution is 6.20. The van der Waals surface area contributed by atoms with E-state index in [1.807, 2.05) is 18.2 Å². The van der Waals surface area contributed by atoms with Crippen LogP contribution in [0.5, 0.6) is 11.7 Å². The molecule has 4 nitrogen and oxygen atoms in total. The van der Waals surface area contributed by atoms with Crippen LogP contribution in [-0.4, -0.2) is 15.9 Å². The number of aromatic hydroxyl groups is 2. The van der Waals surface area contributed by atoms with Crippen molar-refractivity contribution in [3.05, 3.63) is 58.7 Å². The average Bonchev–Trinajstić information content (AvgIpc) is 2.83. The van der Waals surface area contributed by atoms with Gasteiger partial charge in [0.1, 0.15) is 11.3 Å². The summed E-state index contributed by atoms with van der Waals surface area (Å²) in [5.74, 6) is -0.168. The van der Waals surface area contributed by atoms with Gasteiger partial charge in [0.2, 0.25) is 0 Å². The van der Waals surface area contributed by atoms with Crippen LogP contribution >= 0.6 is 0 Å². The summed E-state index contributed by atoms with van der Waals surface area (Å²) in [6.45, 7) is 3.54. The third-order valence-corrected chi connectivity index (χ3v) is 3.67. The van der Waals surface area contributed by atoms with Crippen molar-refractivity contribution in [1.29, 1.82) is 5.41 Å². The molecule has 4 heteroatoms. The molecule has 0 fully saturated rings. The largest absolute Gasteiger partial charge is 0.508 e. The zero-order valence-electron chi connectivity index (χ0n) is 11.8. The summed E-state index contributed by atoms with van der Waals surface area (Å²) in [5, 5.41) is 29.0. The molecule has 1 heterocycles. The van der Waals surface area contributed by atoms with Gasteiger partial charge in [-0.3, -0.25) is 5.41 Å². The first-order valence-electron chi connectivity index (χ1n) is 6.59. The molecule has 0 amide bonds. The lowest BCUT2D eigenvalue weighted by Crippen LogP contribution is -2.01. The predicted octanol–water partition coefficient (Wildman–Crippen LogP) is 3.88. The second-order valence-electron chi connectivity index (χ2n) is 5.06. The first-order valence-corrected chi connectivity index (χ1v) is 6.59. The molecule has 0 saturated carbocycles. The van der Waals surface area contributed by atoms with Gasteiger partial charge in [-0.2, -0.15) is 0 Å². The number of hydrogen-bond acceptors (Lipinski definition) is 4. The molecule has 0 radical (unpaired) electrons. The van der Waals surface area contributed by atoms with Crippen molar-refractivity contribution in [3.8, 4) is 11.7 Å². The zero-order valence-corrected chi connectivity index (χ0v) is 11.8. The number of rotatable bonds is 2. The smallest absolute Gasteiger partial charge is 0.292 e. The van der Waals surface area contributed by atoms with Crippen molar-refractivity contribution in [2.45, 2.75) is 13.8 Å². The molecule has 0 atom stereocenters. The maximum atomic E-state index is 10.1. The van der Waals surface area contributed by atoms with Crippen molar-refractivity contribution in [3.63, 3.8) is 0 Å². The van der Waals surface area contributed by atoms with Gasteiger partial charge < -0.3 is 14.6 Å². The molecule has 3 N–H and O–H groups in total. The van der Waals surface area contributed by atoms with Crippen LogP contribution in [0.15, 0.2) is 40.8 Å². The van der Waals surface area contributed by atoms with Crippen molar-refractivity contribution >= 4 is 16.7 Å². The van der Waals surface area contributed by atoms with Gasteiger partial charge in [-0.1, -0.05) is 30.3 Å². The average molecular weight is 281 g/mol. The molecule has 21 heavy (non-hydrogen) atoms. The molecule has 106 valence electrons. The summed E-state index contributed by atoms with van der Waals surface area (Å²) in [7, 11) is 0. The Morgan fingerprint density at radius 3 is 2.43 bits per heavy atom. The molecule has 1 aromatic heterocycles. The Hall–Kier alpha value is -2.75. The van der Waals surface area contributed by atoms with Crippen LogP contribution in [0, 0.1) is 19.3 Å². The molecular weight excluding hydrogens is 266 g/mol. The Labute approximate surface area is 121 Å². The number of fused-ring (bicyclic) bond motifs is 1.